The lowest BCUT2D eigenvalue weighted by atomic mass is 10.2. The van der Waals surface area contributed by atoms with Gasteiger partial charge in [-0.3, -0.25) is 0 Å². The van der Waals surface area contributed by atoms with Crippen molar-refractivity contribution < 1.29 is 8.42 Å². The summed E-state index contributed by atoms with van der Waals surface area (Å²) in [7, 11) is -2.94. The minimum atomic E-state index is -2.94. The molecule has 0 amide bonds. The second kappa shape index (κ2) is 4.43. The Kier molecular flexibility index (Phi) is 3.32. The molecule has 1 saturated heterocycles. The van der Waals surface area contributed by atoms with E-state index in [0.29, 0.717) is 12.2 Å². The van der Waals surface area contributed by atoms with Crippen LogP contribution in [0.15, 0.2) is 6.20 Å². The first kappa shape index (κ1) is 12.0. The van der Waals surface area contributed by atoms with E-state index in [1.165, 1.54) is 11.3 Å². The topological polar surface area (TPSA) is 73.0 Å². The quantitative estimate of drug-likeness (QED) is 0.888. The zero-order chi connectivity index (χ0) is 11.8. The van der Waals surface area contributed by atoms with Crippen molar-refractivity contribution in [1.82, 2.24) is 4.98 Å². The van der Waals surface area contributed by atoms with E-state index >= 15 is 0 Å². The lowest BCUT2D eigenvalue weighted by Crippen LogP contribution is -2.16. The molecule has 1 aliphatic heterocycles. The van der Waals surface area contributed by atoms with Gasteiger partial charge in [0, 0.05) is 17.1 Å². The average molecular weight is 260 g/mol. The fourth-order valence-electron chi connectivity index (χ4n) is 1.95. The molecule has 0 aromatic carbocycles. The third kappa shape index (κ3) is 2.44. The highest BCUT2D eigenvalue weighted by Crippen LogP contribution is 2.36. The Labute approximate surface area is 99.8 Å². The van der Waals surface area contributed by atoms with Crippen LogP contribution in [0.2, 0.25) is 0 Å². The maximum atomic E-state index is 11.7. The van der Waals surface area contributed by atoms with Crippen molar-refractivity contribution in [2.45, 2.75) is 37.5 Å². The van der Waals surface area contributed by atoms with Gasteiger partial charge >= 0.3 is 0 Å². The van der Waals surface area contributed by atoms with Crippen LogP contribution in [0, 0.1) is 0 Å². The highest BCUT2D eigenvalue weighted by Gasteiger charge is 2.34. The van der Waals surface area contributed by atoms with Gasteiger partial charge in [-0.2, -0.15) is 0 Å². The fourth-order valence-corrected chi connectivity index (χ4v) is 5.36. The summed E-state index contributed by atoms with van der Waals surface area (Å²) in [6, 6.07) is 0.0912. The van der Waals surface area contributed by atoms with Crippen molar-refractivity contribution in [2.75, 3.05) is 5.75 Å². The van der Waals surface area contributed by atoms with E-state index in [2.05, 4.69) is 4.98 Å². The molecule has 2 N–H and O–H groups in total. The van der Waals surface area contributed by atoms with Crippen LogP contribution in [-0.2, 0) is 16.3 Å². The Morgan fingerprint density at radius 2 is 2.44 bits per heavy atom. The van der Waals surface area contributed by atoms with Crippen molar-refractivity contribution in [1.29, 1.82) is 0 Å². The van der Waals surface area contributed by atoms with E-state index in [4.69, 9.17) is 5.73 Å². The first-order valence-corrected chi connectivity index (χ1v) is 7.94. The maximum absolute atomic E-state index is 11.7. The summed E-state index contributed by atoms with van der Waals surface area (Å²) >= 11 is 1.49. The largest absolute Gasteiger partial charge is 0.328 e. The first-order valence-electron chi connectivity index (χ1n) is 5.41. The number of hydrogen-bond acceptors (Lipinski definition) is 5. The number of rotatable bonds is 3. The van der Waals surface area contributed by atoms with Gasteiger partial charge < -0.3 is 5.73 Å². The summed E-state index contributed by atoms with van der Waals surface area (Å²) in [5, 5.41) is 0.382. The van der Waals surface area contributed by atoms with Crippen LogP contribution in [0.1, 0.15) is 34.9 Å². The maximum Gasteiger partial charge on any atom is 0.159 e. The third-order valence-electron chi connectivity index (χ3n) is 2.70. The van der Waals surface area contributed by atoms with Crippen molar-refractivity contribution in [3.05, 3.63) is 16.1 Å². The van der Waals surface area contributed by atoms with Gasteiger partial charge in [-0.15, -0.1) is 11.3 Å². The standard InChI is InChI=1S/C10H16N2O2S2/c1-7(11)5-8-6-12-10(15-8)9-3-2-4-16(9,13)14/h6-7,9H,2-5,11H2,1H3. The lowest BCUT2D eigenvalue weighted by molar-refractivity contribution is 0.592. The number of nitrogens with zero attached hydrogens (tertiary/aromatic N) is 1. The number of aromatic nitrogens is 1. The molecule has 2 unspecified atom stereocenters. The minimum Gasteiger partial charge on any atom is -0.328 e. The molecule has 90 valence electrons. The van der Waals surface area contributed by atoms with E-state index < -0.39 is 9.84 Å². The van der Waals surface area contributed by atoms with E-state index in [1.54, 1.807) is 6.20 Å². The van der Waals surface area contributed by atoms with Crippen molar-refractivity contribution in [3.63, 3.8) is 0 Å². The molecule has 1 aliphatic rings. The van der Waals surface area contributed by atoms with E-state index in [1.807, 2.05) is 6.92 Å². The summed E-state index contributed by atoms with van der Waals surface area (Å²) in [5.74, 6) is 0.305. The molecule has 0 radical (unpaired) electrons. The normalized spacial score (nSPS) is 25.8. The van der Waals surface area contributed by atoms with Crippen LogP contribution >= 0.6 is 11.3 Å². The highest BCUT2D eigenvalue weighted by atomic mass is 32.2. The molecule has 16 heavy (non-hydrogen) atoms. The van der Waals surface area contributed by atoms with Crippen LogP contribution in [0.4, 0.5) is 0 Å². The number of thiazole rings is 1. The Morgan fingerprint density at radius 3 is 3.00 bits per heavy atom. The molecule has 0 spiro atoms. The lowest BCUT2D eigenvalue weighted by Gasteiger charge is -2.04. The molecule has 1 aromatic heterocycles. The van der Waals surface area contributed by atoms with E-state index in [-0.39, 0.29) is 11.3 Å². The molecular weight excluding hydrogens is 244 g/mol. The van der Waals surface area contributed by atoms with Crippen LogP contribution in [0.25, 0.3) is 0 Å². The SMILES string of the molecule is CC(N)Cc1cnc(C2CCCS2(=O)=O)s1. The molecule has 2 rings (SSSR count). The molecule has 6 heteroatoms. The molecular formula is C10H16N2O2S2. The fraction of sp³-hybridized carbons (Fsp3) is 0.700. The molecule has 2 atom stereocenters. The van der Waals surface area contributed by atoms with Gasteiger partial charge in [0.1, 0.15) is 10.3 Å². The molecule has 0 bridgehead atoms. The van der Waals surface area contributed by atoms with E-state index in [0.717, 1.165) is 22.7 Å². The van der Waals surface area contributed by atoms with Crippen molar-refractivity contribution in [3.8, 4) is 0 Å². The van der Waals surface area contributed by atoms with Gasteiger partial charge in [0.25, 0.3) is 0 Å². The molecule has 4 nitrogen and oxygen atoms in total. The Hall–Kier alpha value is -0.460. The zero-order valence-electron chi connectivity index (χ0n) is 9.22. The number of hydrogen-bond donors (Lipinski definition) is 1. The third-order valence-corrected chi connectivity index (χ3v) is 6.16. The van der Waals surface area contributed by atoms with Gasteiger partial charge in [-0.1, -0.05) is 0 Å². The van der Waals surface area contributed by atoms with Gasteiger partial charge in [-0.05, 0) is 26.2 Å². The van der Waals surface area contributed by atoms with Crippen LogP contribution < -0.4 is 5.73 Å². The number of sulfone groups is 1. The van der Waals surface area contributed by atoms with Gasteiger partial charge in [0.15, 0.2) is 9.84 Å². The summed E-state index contributed by atoms with van der Waals surface area (Å²) < 4.78 is 23.5. The Balaban J connectivity index is 2.19. The smallest absolute Gasteiger partial charge is 0.159 e. The van der Waals surface area contributed by atoms with E-state index in [9.17, 15) is 8.42 Å². The van der Waals surface area contributed by atoms with Gasteiger partial charge in [0.05, 0.1) is 5.75 Å². The highest BCUT2D eigenvalue weighted by molar-refractivity contribution is 7.92. The molecule has 0 aliphatic carbocycles. The minimum absolute atomic E-state index is 0.0912. The van der Waals surface area contributed by atoms with Gasteiger partial charge in [0.2, 0.25) is 0 Å². The summed E-state index contributed by atoms with van der Waals surface area (Å²) in [6.07, 6.45) is 4.00. The Bertz CT molecular complexity index is 465. The monoisotopic (exact) mass is 260 g/mol. The average Bonchev–Trinajstić information content (AvgIpc) is 2.70. The molecule has 1 fully saturated rings. The van der Waals surface area contributed by atoms with Crippen LogP contribution in [0.3, 0.4) is 0 Å². The zero-order valence-corrected chi connectivity index (χ0v) is 10.9. The van der Waals surface area contributed by atoms with Gasteiger partial charge in [-0.25, -0.2) is 13.4 Å². The van der Waals surface area contributed by atoms with Crippen molar-refractivity contribution >= 4 is 21.2 Å². The molecule has 0 saturated carbocycles. The summed E-state index contributed by atoms with van der Waals surface area (Å²) in [4.78, 5) is 5.31. The van der Waals surface area contributed by atoms with Crippen LogP contribution in [-0.4, -0.2) is 25.2 Å². The molecule has 2 heterocycles. The summed E-state index contributed by atoms with van der Waals surface area (Å²) in [6.45, 7) is 1.94. The Morgan fingerprint density at radius 1 is 1.69 bits per heavy atom. The second-order valence-electron chi connectivity index (χ2n) is 4.34. The molecule has 1 aromatic rings. The second-order valence-corrected chi connectivity index (χ2v) is 7.79. The summed E-state index contributed by atoms with van der Waals surface area (Å²) in [5.41, 5.74) is 5.70. The predicted octanol–water partition coefficient (Wildman–Crippen LogP) is 1.28. The number of nitrogens with two attached hydrogens (primary N) is 1. The van der Waals surface area contributed by atoms with Crippen LogP contribution in [0.5, 0.6) is 0 Å². The predicted molar refractivity (Wildman–Crippen MR) is 65.2 cm³/mol. The van der Waals surface area contributed by atoms with Crippen molar-refractivity contribution in [2.24, 2.45) is 5.73 Å². The first-order chi connectivity index (χ1) is 7.49.